The highest BCUT2D eigenvalue weighted by molar-refractivity contribution is 6.11. The smallest absolute Gasteiger partial charge is 0.357 e. The van der Waals surface area contributed by atoms with E-state index in [-0.39, 0.29) is 0 Å². The number of aromatic amines is 1. The first kappa shape index (κ1) is 17.8. The molecule has 27 heavy (non-hydrogen) atoms. The Morgan fingerprint density at radius 2 is 2.04 bits per heavy atom. The summed E-state index contributed by atoms with van der Waals surface area (Å²) in [5.41, 5.74) is 4.26. The van der Waals surface area contributed by atoms with Gasteiger partial charge in [-0.3, -0.25) is 0 Å². The van der Waals surface area contributed by atoms with Crippen molar-refractivity contribution >= 4 is 33.5 Å². The lowest BCUT2D eigenvalue weighted by molar-refractivity contribution is 0.0514. The van der Waals surface area contributed by atoms with Crippen molar-refractivity contribution in [3.63, 3.8) is 0 Å². The highest BCUT2D eigenvalue weighted by Crippen LogP contribution is 2.33. The first-order chi connectivity index (χ1) is 13.2. The van der Waals surface area contributed by atoms with E-state index in [0.717, 1.165) is 40.5 Å². The van der Waals surface area contributed by atoms with E-state index in [1.165, 1.54) is 24.9 Å². The lowest BCUT2D eigenvalue weighted by atomic mass is 10.0. The first-order valence-corrected chi connectivity index (χ1v) is 9.57. The molecule has 0 saturated carbocycles. The molecule has 0 spiro atoms. The maximum Gasteiger partial charge on any atom is 0.357 e. The zero-order valence-corrected chi connectivity index (χ0v) is 15.9. The maximum atomic E-state index is 12.4. The fourth-order valence-corrected chi connectivity index (χ4v) is 3.96. The number of anilines is 1. The molecule has 1 aromatic carbocycles. The van der Waals surface area contributed by atoms with Gasteiger partial charge in [-0.25, -0.2) is 9.78 Å². The number of benzene rings is 1. The third kappa shape index (κ3) is 3.25. The van der Waals surface area contributed by atoms with Crippen molar-refractivity contribution in [3.05, 3.63) is 35.7 Å². The van der Waals surface area contributed by atoms with Crippen LogP contribution in [0, 0.1) is 0 Å². The van der Waals surface area contributed by atoms with Crippen LogP contribution in [-0.2, 0) is 16.1 Å². The molecule has 0 radical (unpaired) electrons. The molecule has 3 aromatic rings. The van der Waals surface area contributed by atoms with Crippen molar-refractivity contribution in [2.24, 2.45) is 0 Å². The van der Waals surface area contributed by atoms with Crippen LogP contribution in [0.2, 0.25) is 0 Å². The number of hydrogen-bond donors (Lipinski definition) is 1. The Labute approximate surface area is 158 Å². The van der Waals surface area contributed by atoms with E-state index in [4.69, 9.17) is 9.47 Å². The molecule has 142 valence electrons. The van der Waals surface area contributed by atoms with Gasteiger partial charge in [-0.2, -0.15) is 0 Å². The van der Waals surface area contributed by atoms with Crippen LogP contribution >= 0.6 is 0 Å². The minimum Gasteiger partial charge on any atom is -0.461 e. The lowest BCUT2D eigenvalue weighted by Crippen LogP contribution is -2.29. The molecule has 6 nitrogen and oxygen atoms in total. The molecule has 0 atom stereocenters. The lowest BCUT2D eigenvalue weighted by Gasteiger charge is -2.28. The van der Waals surface area contributed by atoms with Crippen LogP contribution in [0.3, 0.4) is 0 Å². The van der Waals surface area contributed by atoms with Crippen molar-refractivity contribution < 1.29 is 14.3 Å². The van der Waals surface area contributed by atoms with E-state index < -0.39 is 5.97 Å². The maximum absolute atomic E-state index is 12.4. The van der Waals surface area contributed by atoms with E-state index in [0.29, 0.717) is 18.9 Å². The Bertz CT molecular complexity index is 974. The zero-order chi connectivity index (χ0) is 18.8. The number of pyridine rings is 1. The van der Waals surface area contributed by atoms with E-state index >= 15 is 0 Å². The van der Waals surface area contributed by atoms with Gasteiger partial charge >= 0.3 is 5.97 Å². The summed E-state index contributed by atoms with van der Waals surface area (Å²) in [5.74, 6) is -0.409. The Balaban J connectivity index is 1.90. The average molecular weight is 367 g/mol. The largest absolute Gasteiger partial charge is 0.461 e. The standard InChI is InChI=1S/C21H25N3O3/c1-3-27-21(25)20-16(13-26-2)19-15-11-14(24-9-5-4-6-10-24)7-8-17(15)23-18(19)12-22-20/h7-8,11-12,23H,3-6,9-10,13H2,1-2H3. The topological polar surface area (TPSA) is 67.5 Å². The third-order valence-corrected chi connectivity index (χ3v) is 5.20. The number of carbonyl (C=O) groups excluding carboxylic acids is 1. The van der Waals surface area contributed by atoms with Gasteiger partial charge in [-0.1, -0.05) is 0 Å². The number of ether oxygens (including phenoxy) is 2. The van der Waals surface area contributed by atoms with Crippen molar-refractivity contribution in [1.29, 1.82) is 0 Å². The number of rotatable bonds is 5. The van der Waals surface area contributed by atoms with Crippen LogP contribution in [0.15, 0.2) is 24.4 Å². The number of hydrogen-bond acceptors (Lipinski definition) is 5. The van der Waals surface area contributed by atoms with Gasteiger partial charge in [0.2, 0.25) is 0 Å². The summed E-state index contributed by atoms with van der Waals surface area (Å²) < 4.78 is 10.6. The quantitative estimate of drug-likeness (QED) is 0.690. The van der Waals surface area contributed by atoms with Crippen molar-refractivity contribution in [2.45, 2.75) is 32.8 Å². The van der Waals surface area contributed by atoms with Gasteiger partial charge in [-0.05, 0) is 44.4 Å². The van der Waals surface area contributed by atoms with Gasteiger partial charge in [-0.15, -0.1) is 0 Å². The number of piperidine rings is 1. The average Bonchev–Trinajstić information content (AvgIpc) is 3.07. The summed E-state index contributed by atoms with van der Waals surface area (Å²) in [6, 6.07) is 6.49. The Kier molecular flexibility index (Phi) is 4.99. The van der Waals surface area contributed by atoms with Gasteiger partial charge in [0.15, 0.2) is 5.69 Å². The summed E-state index contributed by atoms with van der Waals surface area (Å²) in [7, 11) is 1.63. The summed E-state index contributed by atoms with van der Waals surface area (Å²) in [4.78, 5) is 22.6. The van der Waals surface area contributed by atoms with Crippen LogP contribution < -0.4 is 4.90 Å². The number of fused-ring (bicyclic) bond motifs is 3. The van der Waals surface area contributed by atoms with Gasteiger partial charge < -0.3 is 19.4 Å². The van der Waals surface area contributed by atoms with E-state index in [9.17, 15) is 4.79 Å². The predicted octanol–water partition coefficient (Wildman–Crippen LogP) is 4.03. The number of nitrogens with zero attached hydrogens (tertiary/aromatic N) is 2. The van der Waals surface area contributed by atoms with Crippen LogP contribution in [0.25, 0.3) is 21.8 Å². The first-order valence-electron chi connectivity index (χ1n) is 9.57. The summed E-state index contributed by atoms with van der Waals surface area (Å²) in [6.45, 7) is 4.60. The SMILES string of the molecule is CCOC(=O)c1ncc2[nH]c3ccc(N4CCCCC4)cc3c2c1COC. The van der Waals surface area contributed by atoms with Gasteiger partial charge in [0.05, 0.1) is 24.9 Å². The van der Waals surface area contributed by atoms with Crippen LogP contribution in [-0.4, -0.2) is 42.7 Å². The zero-order valence-electron chi connectivity index (χ0n) is 15.9. The molecule has 6 heteroatoms. The molecule has 4 rings (SSSR count). The molecule has 1 saturated heterocycles. The molecule has 3 heterocycles. The molecular formula is C21H25N3O3. The molecule has 0 bridgehead atoms. The fraction of sp³-hybridized carbons (Fsp3) is 0.429. The van der Waals surface area contributed by atoms with Crippen molar-refractivity contribution in [1.82, 2.24) is 9.97 Å². The Morgan fingerprint density at radius 1 is 1.22 bits per heavy atom. The molecule has 1 N–H and O–H groups in total. The highest BCUT2D eigenvalue weighted by Gasteiger charge is 2.21. The summed E-state index contributed by atoms with van der Waals surface area (Å²) in [5, 5.41) is 2.08. The molecule has 0 amide bonds. The number of aromatic nitrogens is 2. The fourth-order valence-electron chi connectivity index (χ4n) is 3.96. The summed E-state index contributed by atoms with van der Waals surface area (Å²) in [6.07, 6.45) is 5.48. The normalized spacial score (nSPS) is 14.8. The third-order valence-electron chi connectivity index (χ3n) is 5.20. The van der Waals surface area contributed by atoms with Gasteiger partial charge in [0.1, 0.15) is 0 Å². The van der Waals surface area contributed by atoms with E-state index in [1.54, 1.807) is 20.2 Å². The second kappa shape index (κ2) is 7.56. The Morgan fingerprint density at radius 3 is 2.78 bits per heavy atom. The van der Waals surface area contributed by atoms with Crippen LogP contribution in [0.5, 0.6) is 0 Å². The molecule has 0 unspecified atom stereocenters. The molecule has 1 fully saturated rings. The minimum atomic E-state index is -0.409. The molecule has 2 aromatic heterocycles. The molecule has 1 aliphatic heterocycles. The number of esters is 1. The number of nitrogens with one attached hydrogen (secondary N) is 1. The van der Waals surface area contributed by atoms with Crippen LogP contribution in [0.4, 0.5) is 5.69 Å². The van der Waals surface area contributed by atoms with E-state index in [2.05, 4.69) is 33.1 Å². The van der Waals surface area contributed by atoms with Gasteiger partial charge in [0, 0.05) is 47.7 Å². The van der Waals surface area contributed by atoms with Gasteiger partial charge in [0.25, 0.3) is 0 Å². The van der Waals surface area contributed by atoms with Crippen molar-refractivity contribution in [3.8, 4) is 0 Å². The second-order valence-corrected chi connectivity index (χ2v) is 6.93. The number of H-pyrrole nitrogens is 1. The molecule has 1 aliphatic rings. The summed E-state index contributed by atoms with van der Waals surface area (Å²) >= 11 is 0. The highest BCUT2D eigenvalue weighted by atomic mass is 16.5. The van der Waals surface area contributed by atoms with E-state index in [1.807, 2.05) is 0 Å². The monoisotopic (exact) mass is 367 g/mol. The molecular weight excluding hydrogens is 342 g/mol. The minimum absolute atomic E-state index is 0.305. The molecule has 0 aliphatic carbocycles. The van der Waals surface area contributed by atoms with Crippen molar-refractivity contribution in [2.75, 3.05) is 31.7 Å². The predicted molar refractivity (Wildman–Crippen MR) is 106 cm³/mol. The number of carbonyl (C=O) groups is 1. The van der Waals surface area contributed by atoms with Crippen LogP contribution in [0.1, 0.15) is 42.2 Å². The second-order valence-electron chi connectivity index (χ2n) is 6.93. The number of methoxy groups -OCH3 is 1. The Hall–Kier alpha value is -2.60.